The zero-order valence-corrected chi connectivity index (χ0v) is 20.6. The Morgan fingerprint density at radius 1 is 0.917 bits per heavy atom. The van der Waals surface area contributed by atoms with Crippen molar-refractivity contribution in [1.29, 1.82) is 0 Å². The molecule has 1 fully saturated rings. The van der Waals surface area contributed by atoms with Gasteiger partial charge in [0.25, 0.3) is 5.91 Å². The molecule has 0 aromatic heterocycles. The smallest absolute Gasteiger partial charge is 0.258 e. The lowest BCUT2D eigenvalue weighted by Crippen LogP contribution is -2.45. The van der Waals surface area contributed by atoms with E-state index in [-0.39, 0.29) is 24.3 Å². The number of carbonyl (C=O) groups is 2. The monoisotopic (exact) mass is 484 g/mol. The van der Waals surface area contributed by atoms with Gasteiger partial charge in [0.1, 0.15) is 11.5 Å². The third-order valence-corrected chi connectivity index (χ3v) is 6.25. The fourth-order valence-corrected chi connectivity index (χ4v) is 4.19. The van der Waals surface area contributed by atoms with Gasteiger partial charge < -0.3 is 14.8 Å². The zero-order chi connectivity index (χ0) is 25.2. The minimum Gasteiger partial charge on any atom is -0.497 e. The van der Waals surface area contributed by atoms with E-state index in [0.29, 0.717) is 11.3 Å². The van der Waals surface area contributed by atoms with Gasteiger partial charge in [0.05, 0.1) is 7.11 Å². The van der Waals surface area contributed by atoms with Crippen molar-refractivity contribution in [2.24, 2.45) is 0 Å². The molecule has 4 rings (SSSR count). The predicted octanol–water partition coefficient (Wildman–Crippen LogP) is 4.75. The molecule has 186 valence electrons. The van der Waals surface area contributed by atoms with Gasteiger partial charge in [0.2, 0.25) is 0 Å². The topological polar surface area (TPSA) is 67.9 Å². The number of amides is 1. The molecule has 6 heteroatoms. The van der Waals surface area contributed by atoms with E-state index in [1.807, 2.05) is 30.3 Å². The van der Waals surface area contributed by atoms with Gasteiger partial charge in [-0.1, -0.05) is 48.5 Å². The Morgan fingerprint density at radius 3 is 2.25 bits per heavy atom. The first-order valence-electron chi connectivity index (χ1n) is 12.2. The normalized spacial score (nSPS) is 14.5. The summed E-state index contributed by atoms with van der Waals surface area (Å²) in [7, 11) is 1.62. The summed E-state index contributed by atoms with van der Waals surface area (Å²) in [6.07, 6.45) is 5.16. The summed E-state index contributed by atoms with van der Waals surface area (Å²) in [5.41, 5.74) is 2.78. The standard InChI is InChI=1S/C30H32N2O4/c1-35-27-12-7-23(8-13-27)9-16-29(33)25-10-14-28(15-11-25)36-22-30(34)31-26-17-19-32(20-18-26)21-24-5-3-2-4-6-24/h2-16,26H,17-22H2,1H3,(H,31,34). The number of carbonyl (C=O) groups excluding carboxylic acids is 2. The molecule has 0 radical (unpaired) electrons. The van der Waals surface area contributed by atoms with Crippen LogP contribution in [0.25, 0.3) is 6.08 Å². The number of methoxy groups -OCH3 is 1. The lowest BCUT2D eigenvalue weighted by atomic mass is 10.0. The number of rotatable bonds is 10. The maximum atomic E-state index is 12.4. The molecule has 1 saturated heterocycles. The molecule has 3 aromatic carbocycles. The molecule has 1 aliphatic heterocycles. The van der Waals surface area contributed by atoms with Gasteiger partial charge >= 0.3 is 0 Å². The van der Waals surface area contributed by atoms with Crippen LogP contribution in [0.3, 0.4) is 0 Å². The number of piperidine rings is 1. The summed E-state index contributed by atoms with van der Waals surface area (Å²) in [6, 6.07) is 24.9. The van der Waals surface area contributed by atoms with Crippen LogP contribution in [0.1, 0.15) is 34.3 Å². The SMILES string of the molecule is COc1ccc(C=CC(=O)c2ccc(OCC(=O)NC3CCN(Cc4ccccc4)CC3)cc2)cc1. The molecule has 0 atom stereocenters. The van der Waals surface area contributed by atoms with Crippen molar-refractivity contribution in [3.63, 3.8) is 0 Å². The molecule has 0 spiro atoms. The molecule has 3 aromatic rings. The third kappa shape index (κ3) is 7.55. The zero-order valence-electron chi connectivity index (χ0n) is 20.6. The number of hydrogen-bond acceptors (Lipinski definition) is 5. The van der Waals surface area contributed by atoms with Gasteiger partial charge in [-0.2, -0.15) is 0 Å². The number of nitrogens with one attached hydrogen (secondary N) is 1. The largest absolute Gasteiger partial charge is 0.497 e. The molecule has 1 heterocycles. The average molecular weight is 485 g/mol. The molecule has 0 saturated carbocycles. The number of benzene rings is 3. The van der Waals surface area contributed by atoms with E-state index in [2.05, 4.69) is 34.5 Å². The molecule has 1 amide bonds. The van der Waals surface area contributed by atoms with E-state index in [4.69, 9.17) is 9.47 Å². The number of hydrogen-bond donors (Lipinski definition) is 1. The Hall–Kier alpha value is -3.90. The molecule has 0 aliphatic carbocycles. The maximum Gasteiger partial charge on any atom is 0.258 e. The molecule has 0 unspecified atom stereocenters. The van der Waals surface area contributed by atoms with Gasteiger partial charge in [-0.05, 0) is 66.4 Å². The van der Waals surface area contributed by atoms with Crippen molar-refractivity contribution in [2.75, 3.05) is 26.8 Å². The highest BCUT2D eigenvalue weighted by molar-refractivity contribution is 6.06. The molecular weight excluding hydrogens is 452 g/mol. The number of allylic oxidation sites excluding steroid dienone is 1. The van der Waals surface area contributed by atoms with Crippen molar-refractivity contribution in [2.45, 2.75) is 25.4 Å². The van der Waals surface area contributed by atoms with Crippen LogP contribution in [-0.2, 0) is 11.3 Å². The molecule has 1 N–H and O–H groups in total. The van der Waals surface area contributed by atoms with Crippen molar-refractivity contribution in [3.05, 3.63) is 102 Å². The Bertz CT molecular complexity index is 1150. The molecule has 0 bridgehead atoms. The van der Waals surface area contributed by atoms with Gasteiger partial charge in [-0.3, -0.25) is 14.5 Å². The summed E-state index contributed by atoms with van der Waals surface area (Å²) in [6.45, 7) is 2.82. The van der Waals surface area contributed by atoms with E-state index in [9.17, 15) is 9.59 Å². The molecular formula is C30H32N2O4. The summed E-state index contributed by atoms with van der Waals surface area (Å²) in [5, 5.41) is 3.08. The van der Waals surface area contributed by atoms with Crippen molar-refractivity contribution in [3.8, 4) is 11.5 Å². The number of ether oxygens (including phenoxy) is 2. The summed E-state index contributed by atoms with van der Waals surface area (Å²) in [4.78, 5) is 27.2. The lowest BCUT2D eigenvalue weighted by molar-refractivity contribution is -0.124. The highest BCUT2D eigenvalue weighted by Crippen LogP contribution is 2.16. The van der Waals surface area contributed by atoms with Crippen molar-refractivity contribution < 1.29 is 19.1 Å². The van der Waals surface area contributed by atoms with Crippen molar-refractivity contribution in [1.82, 2.24) is 10.2 Å². The fraction of sp³-hybridized carbons (Fsp3) is 0.267. The molecule has 1 aliphatic rings. The lowest BCUT2D eigenvalue weighted by Gasteiger charge is -2.32. The van der Waals surface area contributed by atoms with Crippen LogP contribution in [0.5, 0.6) is 11.5 Å². The van der Waals surface area contributed by atoms with Crippen LogP contribution in [0.2, 0.25) is 0 Å². The minimum absolute atomic E-state index is 0.0467. The second-order valence-corrected chi connectivity index (χ2v) is 8.89. The molecule has 6 nitrogen and oxygen atoms in total. The quantitative estimate of drug-likeness (QED) is 0.332. The first kappa shape index (κ1) is 25.2. The predicted molar refractivity (Wildman–Crippen MR) is 141 cm³/mol. The Kier molecular flexibility index (Phi) is 8.89. The fourth-order valence-electron chi connectivity index (χ4n) is 4.19. The van der Waals surface area contributed by atoms with Gasteiger partial charge in [-0.25, -0.2) is 0 Å². The van der Waals surface area contributed by atoms with Crippen LogP contribution in [-0.4, -0.2) is 49.4 Å². The van der Waals surface area contributed by atoms with Crippen LogP contribution < -0.4 is 14.8 Å². The van der Waals surface area contributed by atoms with E-state index in [0.717, 1.165) is 43.8 Å². The van der Waals surface area contributed by atoms with E-state index in [1.54, 1.807) is 37.5 Å². The van der Waals surface area contributed by atoms with Crippen molar-refractivity contribution >= 4 is 17.8 Å². The Balaban J connectivity index is 1.17. The molecule has 36 heavy (non-hydrogen) atoms. The van der Waals surface area contributed by atoms with Crippen LogP contribution in [0, 0.1) is 0 Å². The van der Waals surface area contributed by atoms with Crippen LogP contribution in [0.4, 0.5) is 0 Å². The second kappa shape index (κ2) is 12.7. The van der Waals surface area contributed by atoms with Gasteiger partial charge in [-0.15, -0.1) is 0 Å². The highest BCUT2D eigenvalue weighted by Gasteiger charge is 2.20. The Morgan fingerprint density at radius 2 is 1.58 bits per heavy atom. The van der Waals surface area contributed by atoms with Crippen LogP contribution >= 0.6 is 0 Å². The Labute approximate surface area is 212 Å². The minimum atomic E-state index is -0.126. The van der Waals surface area contributed by atoms with E-state index >= 15 is 0 Å². The van der Waals surface area contributed by atoms with E-state index in [1.165, 1.54) is 11.6 Å². The maximum absolute atomic E-state index is 12.4. The van der Waals surface area contributed by atoms with Gasteiger partial charge in [0, 0.05) is 31.2 Å². The number of ketones is 1. The first-order valence-corrected chi connectivity index (χ1v) is 12.2. The number of nitrogens with zero attached hydrogens (tertiary/aromatic N) is 1. The summed E-state index contributed by atoms with van der Waals surface area (Å²) < 4.78 is 10.8. The first-order chi connectivity index (χ1) is 17.6. The second-order valence-electron chi connectivity index (χ2n) is 8.89. The third-order valence-electron chi connectivity index (χ3n) is 6.25. The van der Waals surface area contributed by atoms with Crippen LogP contribution in [0.15, 0.2) is 84.9 Å². The average Bonchev–Trinajstić information content (AvgIpc) is 2.93. The number of likely N-dealkylation sites (tertiary alicyclic amines) is 1. The highest BCUT2D eigenvalue weighted by atomic mass is 16.5. The summed E-state index contributed by atoms with van der Waals surface area (Å²) >= 11 is 0. The van der Waals surface area contributed by atoms with E-state index < -0.39 is 0 Å². The summed E-state index contributed by atoms with van der Waals surface area (Å²) in [5.74, 6) is 1.10. The van der Waals surface area contributed by atoms with Gasteiger partial charge in [0.15, 0.2) is 12.4 Å².